The fraction of sp³-hybridized carbons (Fsp3) is 0.438. The Hall–Kier alpha value is -1.81. The quantitative estimate of drug-likeness (QED) is 0.877. The predicted octanol–water partition coefficient (Wildman–Crippen LogP) is 2.67. The van der Waals surface area contributed by atoms with Gasteiger partial charge in [0.05, 0.1) is 6.04 Å². The normalized spacial score (nSPS) is 12.4. The number of aromatic nitrogens is 2. The second-order valence-corrected chi connectivity index (χ2v) is 5.05. The molecule has 1 heterocycles. The van der Waals surface area contributed by atoms with E-state index in [2.05, 4.69) is 72.0 Å². The average Bonchev–Trinajstić information content (AvgIpc) is 2.93. The summed E-state index contributed by atoms with van der Waals surface area (Å²) in [5, 5.41) is 3.53. The zero-order chi connectivity index (χ0) is 14.5. The van der Waals surface area contributed by atoms with E-state index in [0.717, 1.165) is 18.9 Å². The summed E-state index contributed by atoms with van der Waals surface area (Å²) in [5.41, 5.74) is 2.46. The van der Waals surface area contributed by atoms with Crippen molar-refractivity contribution in [3.8, 4) is 0 Å². The first-order chi connectivity index (χ1) is 9.67. The van der Waals surface area contributed by atoms with Gasteiger partial charge in [-0.25, -0.2) is 4.98 Å². The zero-order valence-electron chi connectivity index (χ0n) is 12.8. The minimum Gasteiger partial charge on any atom is -0.378 e. The minimum absolute atomic E-state index is 0.145. The molecule has 0 spiro atoms. The molecule has 1 aromatic heterocycles. The largest absolute Gasteiger partial charge is 0.378 e. The number of rotatable bonds is 6. The Bertz CT molecular complexity index is 528. The topological polar surface area (TPSA) is 33.1 Å². The highest BCUT2D eigenvalue weighted by atomic mass is 15.1. The van der Waals surface area contributed by atoms with Crippen LogP contribution in [0.15, 0.2) is 36.7 Å². The highest BCUT2D eigenvalue weighted by molar-refractivity contribution is 5.47. The van der Waals surface area contributed by atoms with Crippen molar-refractivity contribution in [3.05, 3.63) is 48.0 Å². The molecule has 0 saturated heterocycles. The summed E-state index contributed by atoms with van der Waals surface area (Å²) in [6.45, 7) is 6.12. The Morgan fingerprint density at radius 1 is 1.20 bits per heavy atom. The molecule has 1 aromatic carbocycles. The van der Waals surface area contributed by atoms with Crippen LogP contribution in [0.5, 0.6) is 0 Å². The fourth-order valence-corrected chi connectivity index (χ4v) is 2.38. The van der Waals surface area contributed by atoms with Gasteiger partial charge in [-0.05, 0) is 31.2 Å². The van der Waals surface area contributed by atoms with Crippen LogP contribution >= 0.6 is 0 Å². The van der Waals surface area contributed by atoms with Gasteiger partial charge in [0.15, 0.2) is 0 Å². The van der Waals surface area contributed by atoms with E-state index in [4.69, 9.17) is 0 Å². The van der Waals surface area contributed by atoms with Crippen LogP contribution in [-0.4, -0.2) is 30.2 Å². The van der Waals surface area contributed by atoms with Crippen LogP contribution in [0, 0.1) is 0 Å². The summed E-state index contributed by atoms with van der Waals surface area (Å²) < 4.78 is 2.19. The summed E-state index contributed by atoms with van der Waals surface area (Å²) in [5.74, 6) is 1.08. The highest BCUT2D eigenvalue weighted by Gasteiger charge is 2.17. The number of hydrogen-bond acceptors (Lipinski definition) is 3. The standard InChI is InChI=1S/C16H24N4/c1-5-17-15(16-18-11-12-20(16)6-2)13-7-9-14(10-8-13)19(3)4/h7-12,15,17H,5-6H2,1-4H3. The van der Waals surface area contributed by atoms with Gasteiger partial charge in [0, 0.05) is 38.7 Å². The van der Waals surface area contributed by atoms with E-state index in [9.17, 15) is 0 Å². The van der Waals surface area contributed by atoms with Crippen LogP contribution in [0.3, 0.4) is 0 Å². The molecule has 1 N–H and O–H groups in total. The molecule has 4 nitrogen and oxygen atoms in total. The molecule has 2 rings (SSSR count). The molecule has 1 unspecified atom stereocenters. The van der Waals surface area contributed by atoms with E-state index in [1.807, 2.05) is 12.4 Å². The van der Waals surface area contributed by atoms with Crippen LogP contribution in [-0.2, 0) is 6.54 Å². The summed E-state index contributed by atoms with van der Waals surface area (Å²) in [6, 6.07) is 8.80. The van der Waals surface area contributed by atoms with Crippen molar-refractivity contribution in [2.45, 2.75) is 26.4 Å². The third-order valence-corrected chi connectivity index (χ3v) is 3.50. The number of aryl methyl sites for hydroxylation is 1. The van der Waals surface area contributed by atoms with Crippen molar-refractivity contribution in [1.29, 1.82) is 0 Å². The SMILES string of the molecule is CCNC(c1ccc(N(C)C)cc1)c1nccn1CC. The Morgan fingerprint density at radius 3 is 2.45 bits per heavy atom. The van der Waals surface area contributed by atoms with E-state index < -0.39 is 0 Å². The lowest BCUT2D eigenvalue weighted by Crippen LogP contribution is -2.25. The molecule has 0 bridgehead atoms. The van der Waals surface area contributed by atoms with Gasteiger partial charge in [0.25, 0.3) is 0 Å². The first-order valence-electron chi connectivity index (χ1n) is 7.19. The first kappa shape index (κ1) is 14.6. The monoisotopic (exact) mass is 272 g/mol. The van der Waals surface area contributed by atoms with Crippen molar-refractivity contribution in [3.63, 3.8) is 0 Å². The van der Waals surface area contributed by atoms with Gasteiger partial charge in [-0.2, -0.15) is 0 Å². The number of anilines is 1. The molecule has 2 aromatic rings. The number of nitrogens with zero attached hydrogens (tertiary/aromatic N) is 3. The van der Waals surface area contributed by atoms with Gasteiger partial charge in [0.2, 0.25) is 0 Å². The van der Waals surface area contributed by atoms with Crippen molar-refractivity contribution in [2.75, 3.05) is 25.5 Å². The van der Waals surface area contributed by atoms with E-state index in [0.29, 0.717) is 0 Å². The summed E-state index contributed by atoms with van der Waals surface area (Å²) in [4.78, 5) is 6.64. The van der Waals surface area contributed by atoms with Gasteiger partial charge < -0.3 is 14.8 Å². The molecule has 0 radical (unpaired) electrons. The van der Waals surface area contributed by atoms with E-state index in [1.54, 1.807) is 0 Å². The van der Waals surface area contributed by atoms with Gasteiger partial charge >= 0.3 is 0 Å². The van der Waals surface area contributed by atoms with Gasteiger partial charge in [-0.3, -0.25) is 0 Å². The molecular formula is C16H24N4. The van der Waals surface area contributed by atoms with Crippen LogP contribution in [0.25, 0.3) is 0 Å². The first-order valence-corrected chi connectivity index (χ1v) is 7.19. The number of hydrogen-bond donors (Lipinski definition) is 1. The highest BCUT2D eigenvalue weighted by Crippen LogP contribution is 2.23. The zero-order valence-corrected chi connectivity index (χ0v) is 12.8. The Kier molecular flexibility index (Phi) is 4.79. The van der Waals surface area contributed by atoms with E-state index in [1.165, 1.54) is 11.3 Å². The van der Waals surface area contributed by atoms with Crippen molar-refractivity contribution >= 4 is 5.69 Å². The molecule has 4 heteroatoms. The lowest BCUT2D eigenvalue weighted by Gasteiger charge is -2.20. The number of benzene rings is 1. The molecule has 0 aliphatic carbocycles. The maximum absolute atomic E-state index is 4.53. The minimum atomic E-state index is 0.145. The molecule has 0 fully saturated rings. The Morgan fingerprint density at radius 2 is 1.90 bits per heavy atom. The summed E-state index contributed by atoms with van der Waals surface area (Å²) in [7, 11) is 4.11. The Labute approximate surface area is 121 Å². The predicted molar refractivity (Wildman–Crippen MR) is 84.2 cm³/mol. The molecule has 20 heavy (non-hydrogen) atoms. The molecule has 0 saturated carbocycles. The van der Waals surface area contributed by atoms with Crippen LogP contribution in [0.4, 0.5) is 5.69 Å². The molecule has 1 atom stereocenters. The number of imidazole rings is 1. The molecular weight excluding hydrogens is 248 g/mol. The molecule has 108 valence electrons. The molecule has 0 aliphatic heterocycles. The van der Waals surface area contributed by atoms with Crippen LogP contribution in [0.1, 0.15) is 31.3 Å². The third-order valence-electron chi connectivity index (χ3n) is 3.50. The second kappa shape index (κ2) is 6.57. The fourth-order valence-electron chi connectivity index (χ4n) is 2.38. The van der Waals surface area contributed by atoms with Crippen LogP contribution < -0.4 is 10.2 Å². The summed E-state index contributed by atoms with van der Waals surface area (Å²) in [6.07, 6.45) is 3.91. The second-order valence-electron chi connectivity index (χ2n) is 5.05. The maximum Gasteiger partial charge on any atom is 0.130 e. The van der Waals surface area contributed by atoms with Gasteiger partial charge in [-0.15, -0.1) is 0 Å². The lowest BCUT2D eigenvalue weighted by atomic mass is 10.1. The van der Waals surface area contributed by atoms with E-state index >= 15 is 0 Å². The summed E-state index contributed by atoms with van der Waals surface area (Å²) >= 11 is 0. The van der Waals surface area contributed by atoms with Crippen molar-refractivity contribution in [2.24, 2.45) is 0 Å². The molecule has 0 amide bonds. The smallest absolute Gasteiger partial charge is 0.130 e. The average molecular weight is 272 g/mol. The number of nitrogens with one attached hydrogen (secondary N) is 1. The van der Waals surface area contributed by atoms with Crippen molar-refractivity contribution in [1.82, 2.24) is 14.9 Å². The van der Waals surface area contributed by atoms with Crippen molar-refractivity contribution < 1.29 is 0 Å². The third kappa shape index (κ3) is 3.02. The molecule has 0 aliphatic rings. The van der Waals surface area contributed by atoms with Gasteiger partial charge in [-0.1, -0.05) is 19.1 Å². The Balaban J connectivity index is 2.33. The van der Waals surface area contributed by atoms with E-state index in [-0.39, 0.29) is 6.04 Å². The maximum atomic E-state index is 4.53. The van der Waals surface area contributed by atoms with Gasteiger partial charge in [0.1, 0.15) is 5.82 Å². The lowest BCUT2D eigenvalue weighted by molar-refractivity contribution is 0.559. The van der Waals surface area contributed by atoms with Crippen LogP contribution in [0.2, 0.25) is 0 Å².